The number of anilines is 2. The molecule has 160 valence electrons. The van der Waals surface area contributed by atoms with Gasteiger partial charge in [-0.1, -0.05) is 0 Å². The van der Waals surface area contributed by atoms with Crippen molar-refractivity contribution in [1.29, 1.82) is 0 Å². The van der Waals surface area contributed by atoms with E-state index >= 15 is 0 Å². The summed E-state index contributed by atoms with van der Waals surface area (Å²) in [5.41, 5.74) is 3.08. The summed E-state index contributed by atoms with van der Waals surface area (Å²) in [6.07, 6.45) is 9.56. The summed E-state index contributed by atoms with van der Waals surface area (Å²) < 4.78 is 3.41. The Balaban J connectivity index is 1.54. The average molecular weight is 458 g/mol. The highest BCUT2D eigenvalue weighted by molar-refractivity contribution is 7.21. The van der Waals surface area contributed by atoms with E-state index in [0.29, 0.717) is 41.4 Å². The molecule has 0 radical (unpaired) electrons. The number of alkyl halides is 1. The molecule has 2 N–H and O–H groups in total. The van der Waals surface area contributed by atoms with Gasteiger partial charge in [0.1, 0.15) is 4.83 Å². The van der Waals surface area contributed by atoms with Crippen molar-refractivity contribution in [1.82, 2.24) is 24.4 Å². The smallest absolute Gasteiger partial charge is 0.260 e. The molecule has 0 aliphatic heterocycles. The second kappa shape index (κ2) is 8.86. The Morgan fingerprint density at radius 2 is 2.00 bits per heavy atom. The van der Waals surface area contributed by atoms with Crippen molar-refractivity contribution in [3.05, 3.63) is 48.3 Å². The van der Waals surface area contributed by atoms with Gasteiger partial charge in [0.25, 0.3) is 5.91 Å². The van der Waals surface area contributed by atoms with Gasteiger partial charge in [0.05, 0.1) is 46.1 Å². The molecule has 0 bridgehead atoms. The molecule has 0 aliphatic carbocycles. The highest BCUT2D eigenvalue weighted by atomic mass is 35.5. The first-order chi connectivity index (χ1) is 14.9. The number of halogens is 1. The predicted octanol–water partition coefficient (Wildman–Crippen LogP) is 3.71. The molecule has 4 aromatic rings. The minimum atomic E-state index is -0.301. The molecule has 4 rings (SSSR count). The molecule has 4 aromatic heterocycles. The number of hydrogen-bond acceptors (Lipinski definition) is 6. The maximum Gasteiger partial charge on any atom is 0.260 e. The Morgan fingerprint density at radius 3 is 2.74 bits per heavy atom. The van der Waals surface area contributed by atoms with E-state index in [0.717, 1.165) is 15.3 Å². The van der Waals surface area contributed by atoms with Gasteiger partial charge in [-0.3, -0.25) is 19.3 Å². The molecule has 0 saturated carbocycles. The number of carbonyl (C=O) groups excluding carboxylic acids is 2. The van der Waals surface area contributed by atoms with Crippen LogP contribution in [0.25, 0.3) is 15.3 Å². The SMILES string of the molecule is Cc1ncc(NC(=O)CCCCl)cc1NC(=O)c1cnn2cc(-c3cnn(C)c3)sc12. The number of fused-ring (bicyclic) bond motifs is 1. The van der Waals surface area contributed by atoms with Crippen LogP contribution in [0.15, 0.2) is 37.1 Å². The number of rotatable bonds is 7. The number of hydrogen-bond donors (Lipinski definition) is 2. The molecule has 9 nitrogen and oxygen atoms in total. The van der Waals surface area contributed by atoms with Crippen molar-refractivity contribution >= 4 is 51.0 Å². The lowest BCUT2D eigenvalue weighted by Crippen LogP contribution is -2.15. The van der Waals surface area contributed by atoms with Crippen molar-refractivity contribution in [2.45, 2.75) is 19.8 Å². The van der Waals surface area contributed by atoms with E-state index in [-0.39, 0.29) is 11.8 Å². The standard InChI is InChI=1S/C20H20ClN7O2S/c1-12-16(6-14(8-22-12)25-18(29)4-3-5-21)26-19(30)15-9-24-28-11-17(31-20(15)28)13-7-23-27(2)10-13/h6-11H,3-5H2,1-2H3,(H,25,29)(H,26,30). The summed E-state index contributed by atoms with van der Waals surface area (Å²) in [4.78, 5) is 30.9. The lowest BCUT2D eigenvalue weighted by molar-refractivity contribution is -0.116. The van der Waals surface area contributed by atoms with Crippen LogP contribution in [0.2, 0.25) is 0 Å². The van der Waals surface area contributed by atoms with E-state index < -0.39 is 0 Å². The third-order valence-corrected chi connectivity index (χ3v) is 6.01. The zero-order chi connectivity index (χ0) is 22.0. The van der Waals surface area contributed by atoms with Crippen molar-refractivity contribution in [3.63, 3.8) is 0 Å². The van der Waals surface area contributed by atoms with Crippen molar-refractivity contribution < 1.29 is 9.59 Å². The first kappa shape index (κ1) is 21.0. The fraction of sp³-hybridized carbons (Fsp3) is 0.250. The lowest BCUT2D eigenvalue weighted by atomic mass is 10.2. The molecule has 11 heteroatoms. The quantitative estimate of drug-likeness (QED) is 0.411. The van der Waals surface area contributed by atoms with Crippen LogP contribution in [0.3, 0.4) is 0 Å². The first-order valence-corrected chi connectivity index (χ1v) is 10.9. The molecule has 0 spiro atoms. The summed E-state index contributed by atoms with van der Waals surface area (Å²) in [5.74, 6) is -0.0275. The fourth-order valence-electron chi connectivity index (χ4n) is 2.99. The van der Waals surface area contributed by atoms with Gasteiger partial charge in [0.2, 0.25) is 5.91 Å². The maximum absolute atomic E-state index is 13.0. The van der Waals surface area contributed by atoms with Gasteiger partial charge in [-0.15, -0.1) is 22.9 Å². The summed E-state index contributed by atoms with van der Waals surface area (Å²) in [7, 11) is 1.85. The number of nitrogens with one attached hydrogen (secondary N) is 2. The Bertz CT molecular complexity index is 1260. The summed E-state index contributed by atoms with van der Waals surface area (Å²) in [6, 6.07) is 1.69. The predicted molar refractivity (Wildman–Crippen MR) is 121 cm³/mol. The van der Waals surface area contributed by atoms with Gasteiger partial charge < -0.3 is 10.6 Å². The third kappa shape index (κ3) is 4.59. The zero-order valence-electron chi connectivity index (χ0n) is 16.9. The maximum atomic E-state index is 13.0. The largest absolute Gasteiger partial charge is 0.325 e. The molecule has 0 saturated heterocycles. The zero-order valence-corrected chi connectivity index (χ0v) is 18.5. The number of amides is 2. The second-order valence-corrected chi connectivity index (χ2v) is 8.37. The van der Waals surface area contributed by atoms with E-state index in [9.17, 15) is 9.59 Å². The topological polar surface area (TPSA) is 106 Å². The van der Waals surface area contributed by atoms with Crippen molar-refractivity contribution in [3.8, 4) is 10.4 Å². The molecule has 0 unspecified atom stereocenters. The van der Waals surface area contributed by atoms with Gasteiger partial charge in [-0.2, -0.15) is 10.2 Å². The minimum Gasteiger partial charge on any atom is -0.325 e. The van der Waals surface area contributed by atoms with Crippen LogP contribution in [0.4, 0.5) is 11.4 Å². The minimum absolute atomic E-state index is 0.150. The van der Waals surface area contributed by atoms with Crippen molar-refractivity contribution in [2.24, 2.45) is 7.05 Å². The summed E-state index contributed by atoms with van der Waals surface area (Å²) in [6.45, 7) is 1.79. The van der Waals surface area contributed by atoms with Crippen molar-refractivity contribution in [2.75, 3.05) is 16.5 Å². The average Bonchev–Trinajstić information content (AvgIpc) is 3.44. The number of aromatic nitrogens is 5. The number of thiazole rings is 1. The van der Waals surface area contributed by atoms with Gasteiger partial charge in [0, 0.05) is 37.3 Å². The van der Waals surface area contributed by atoms with Crippen LogP contribution >= 0.6 is 22.9 Å². The monoisotopic (exact) mass is 457 g/mol. The Hall–Kier alpha value is -3.24. The van der Waals surface area contributed by atoms with Gasteiger partial charge in [-0.05, 0) is 19.4 Å². The normalized spacial score (nSPS) is 11.1. The second-order valence-electron chi connectivity index (χ2n) is 6.96. The molecular weight excluding hydrogens is 438 g/mol. The molecule has 0 atom stereocenters. The van der Waals surface area contributed by atoms with E-state index in [1.54, 1.807) is 34.6 Å². The van der Waals surface area contributed by atoms with Crippen LogP contribution in [0.5, 0.6) is 0 Å². The van der Waals surface area contributed by atoms with E-state index in [1.807, 2.05) is 19.4 Å². The number of carbonyl (C=O) groups is 2. The van der Waals surface area contributed by atoms with Crippen LogP contribution in [0.1, 0.15) is 28.9 Å². The fourth-order valence-corrected chi connectivity index (χ4v) is 4.16. The molecular formula is C20H20ClN7O2S. The van der Waals surface area contributed by atoms with Crippen LogP contribution < -0.4 is 10.6 Å². The Labute approximate surface area is 187 Å². The molecule has 2 amide bonds. The molecule has 0 fully saturated rings. The number of pyridine rings is 1. The molecule has 31 heavy (non-hydrogen) atoms. The highest BCUT2D eigenvalue weighted by Crippen LogP contribution is 2.30. The Kier molecular flexibility index (Phi) is 6.01. The van der Waals surface area contributed by atoms with Gasteiger partial charge >= 0.3 is 0 Å². The number of aryl methyl sites for hydroxylation is 2. The number of nitrogens with zero attached hydrogens (tertiary/aromatic N) is 5. The summed E-state index contributed by atoms with van der Waals surface area (Å²) in [5, 5.41) is 14.1. The van der Waals surface area contributed by atoms with E-state index in [4.69, 9.17) is 11.6 Å². The van der Waals surface area contributed by atoms with Crippen LogP contribution in [-0.2, 0) is 11.8 Å². The molecule has 4 heterocycles. The van der Waals surface area contributed by atoms with Gasteiger partial charge in [0.15, 0.2) is 0 Å². The van der Waals surface area contributed by atoms with E-state index in [1.165, 1.54) is 17.5 Å². The third-order valence-electron chi connectivity index (χ3n) is 4.59. The Morgan fingerprint density at radius 1 is 1.16 bits per heavy atom. The molecule has 0 aromatic carbocycles. The van der Waals surface area contributed by atoms with E-state index in [2.05, 4.69) is 25.8 Å². The molecule has 0 aliphatic rings. The highest BCUT2D eigenvalue weighted by Gasteiger charge is 2.18. The van der Waals surface area contributed by atoms with Crippen LogP contribution in [-0.4, -0.2) is 42.1 Å². The first-order valence-electron chi connectivity index (χ1n) is 9.54. The van der Waals surface area contributed by atoms with Gasteiger partial charge in [-0.25, -0.2) is 4.52 Å². The van der Waals surface area contributed by atoms with Crippen LogP contribution in [0, 0.1) is 6.92 Å². The summed E-state index contributed by atoms with van der Waals surface area (Å²) >= 11 is 7.09. The lowest BCUT2D eigenvalue weighted by Gasteiger charge is -2.10.